The summed E-state index contributed by atoms with van der Waals surface area (Å²) in [5.41, 5.74) is 5.72. The highest BCUT2D eigenvalue weighted by Gasteiger charge is 2.25. The third-order valence-electron chi connectivity index (χ3n) is 4.71. The molecule has 1 fully saturated rings. The summed E-state index contributed by atoms with van der Waals surface area (Å²) in [6.45, 7) is 3.55. The fraction of sp³-hybridized carbons (Fsp3) is 0.611. The second kappa shape index (κ2) is 11.3. The minimum Gasteiger partial charge on any atom is -0.474 e. The number of ether oxygens (including phenoxy) is 1. The van der Waals surface area contributed by atoms with E-state index in [9.17, 15) is 15.2 Å². The number of nitrogens with two attached hydrogens (primary N) is 1. The molecule has 0 aromatic carbocycles. The number of anilines is 1. The maximum Gasteiger partial charge on any atom is 0.348 e. The second-order valence-corrected chi connectivity index (χ2v) is 7.91. The topological polar surface area (TPSA) is 149 Å². The summed E-state index contributed by atoms with van der Waals surface area (Å²) in [7, 11) is 0. The highest BCUT2D eigenvalue weighted by atomic mass is 35.5. The molecule has 12 heteroatoms. The van der Waals surface area contributed by atoms with Gasteiger partial charge in [0.2, 0.25) is 5.28 Å². The standard InChI is InChI=1S/C18H26Cl2N6O4/c1-10(23-17-14(19)9-22-18(20)25-17)7-8-30-16(21)15(26(28)29)11(2)24-12-3-5-13(27)6-4-12/h9-10,12-13,27H,3-8,21H2,1-2H3,(H,22,23,25)/b16-15-,24-11?/t10-,12?,13?/m1/s1. The molecule has 166 valence electrons. The Labute approximate surface area is 184 Å². The lowest BCUT2D eigenvalue weighted by Crippen LogP contribution is -2.24. The van der Waals surface area contributed by atoms with E-state index < -0.39 is 4.92 Å². The van der Waals surface area contributed by atoms with E-state index in [1.165, 1.54) is 6.20 Å². The molecule has 2 rings (SSSR count). The first-order valence-corrected chi connectivity index (χ1v) is 10.4. The van der Waals surface area contributed by atoms with Gasteiger partial charge >= 0.3 is 5.70 Å². The van der Waals surface area contributed by atoms with Crippen molar-refractivity contribution >= 4 is 34.7 Å². The van der Waals surface area contributed by atoms with Crippen LogP contribution < -0.4 is 11.1 Å². The molecule has 1 aromatic rings. The van der Waals surface area contributed by atoms with E-state index in [4.69, 9.17) is 33.7 Å². The van der Waals surface area contributed by atoms with Crippen LogP contribution in [0.5, 0.6) is 0 Å². The number of hydrogen-bond acceptors (Lipinski definition) is 9. The Morgan fingerprint density at radius 2 is 2.13 bits per heavy atom. The predicted octanol–water partition coefficient (Wildman–Crippen LogP) is 3.16. The molecular weight excluding hydrogens is 435 g/mol. The lowest BCUT2D eigenvalue weighted by molar-refractivity contribution is -0.418. The summed E-state index contributed by atoms with van der Waals surface area (Å²) < 4.78 is 5.42. The molecule has 1 aromatic heterocycles. The van der Waals surface area contributed by atoms with Crippen LogP contribution in [0.1, 0.15) is 46.0 Å². The third-order valence-corrected chi connectivity index (χ3v) is 5.17. The van der Waals surface area contributed by atoms with E-state index >= 15 is 0 Å². The van der Waals surface area contributed by atoms with Crippen molar-refractivity contribution in [3.8, 4) is 0 Å². The van der Waals surface area contributed by atoms with Gasteiger partial charge in [0, 0.05) is 12.5 Å². The molecule has 0 radical (unpaired) electrons. The number of allylic oxidation sites excluding steroid dienone is 1. The van der Waals surface area contributed by atoms with Crippen LogP contribution in [0.25, 0.3) is 0 Å². The largest absolute Gasteiger partial charge is 0.474 e. The van der Waals surface area contributed by atoms with Crippen LogP contribution in [0.4, 0.5) is 5.82 Å². The van der Waals surface area contributed by atoms with Crippen molar-refractivity contribution in [1.29, 1.82) is 0 Å². The van der Waals surface area contributed by atoms with Gasteiger partial charge in [-0.3, -0.25) is 15.1 Å². The molecule has 0 saturated heterocycles. The van der Waals surface area contributed by atoms with E-state index in [0.717, 1.165) is 0 Å². The average molecular weight is 461 g/mol. The Kier molecular flexibility index (Phi) is 9.07. The quantitative estimate of drug-likeness (QED) is 0.167. The molecule has 0 amide bonds. The Morgan fingerprint density at radius 3 is 2.77 bits per heavy atom. The van der Waals surface area contributed by atoms with Crippen molar-refractivity contribution in [3.05, 3.63) is 38.2 Å². The number of aliphatic imine (C=N–C) groups is 1. The van der Waals surface area contributed by atoms with Crippen molar-refractivity contribution in [1.82, 2.24) is 9.97 Å². The molecule has 10 nitrogen and oxygen atoms in total. The molecule has 4 N–H and O–H groups in total. The summed E-state index contributed by atoms with van der Waals surface area (Å²) in [5.74, 6) is 0.103. The predicted molar refractivity (Wildman–Crippen MR) is 115 cm³/mol. The highest BCUT2D eigenvalue weighted by Crippen LogP contribution is 2.23. The van der Waals surface area contributed by atoms with Crippen LogP contribution in [0, 0.1) is 10.1 Å². The molecule has 0 aliphatic heterocycles. The van der Waals surface area contributed by atoms with Gasteiger partial charge in [0.1, 0.15) is 16.6 Å². The molecule has 30 heavy (non-hydrogen) atoms. The van der Waals surface area contributed by atoms with Crippen molar-refractivity contribution in [2.75, 3.05) is 11.9 Å². The number of rotatable bonds is 9. The van der Waals surface area contributed by atoms with Gasteiger partial charge < -0.3 is 20.9 Å². The fourth-order valence-electron chi connectivity index (χ4n) is 3.09. The average Bonchev–Trinajstić information content (AvgIpc) is 2.66. The lowest BCUT2D eigenvalue weighted by Gasteiger charge is -2.22. The van der Waals surface area contributed by atoms with Gasteiger partial charge in [0.05, 0.1) is 29.9 Å². The van der Waals surface area contributed by atoms with Gasteiger partial charge in [-0.1, -0.05) is 11.6 Å². The molecular formula is C18H26Cl2N6O4. The number of nitrogens with zero attached hydrogens (tertiary/aromatic N) is 4. The fourth-order valence-corrected chi connectivity index (χ4v) is 3.37. The molecule has 1 atom stereocenters. The van der Waals surface area contributed by atoms with Crippen molar-refractivity contribution in [2.24, 2.45) is 10.7 Å². The number of aromatic nitrogens is 2. The van der Waals surface area contributed by atoms with Gasteiger partial charge in [-0.15, -0.1) is 0 Å². The normalized spacial score (nSPS) is 21.6. The Balaban J connectivity index is 1.95. The third kappa shape index (κ3) is 7.26. The van der Waals surface area contributed by atoms with Gasteiger partial charge in [-0.05, 0) is 51.1 Å². The summed E-state index contributed by atoms with van der Waals surface area (Å²) in [4.78, 5) is 23.1. The first-order chi connectivity index (χ1) is 14.2. The Hall–Kier alpha value is -2.17. The van der Waals surface area contributed by atoms with Gasteiger partial charge in [0.25, 0.3) is 5.88 Å². The molecule has 0 spiro atoms. The van der Waals surface area contributed by atoms with Crippen molar-refractivity contribution < 1.29 is 14.8 Å². The lowest BCUT2D eigenvalue weighted by atomic mass is 9.93. The monoisotopic (exact) mass is 460 g/mol. The molecule has 1 aliphatic carbocycles. The minimum absolute atomic E-state index is 0.0650. The minimum atomic E-state index is -0.587. The van der Waals surface area contributed by atoms with Crippen LogP contribution in [0.3, 0.4) is 0 Å². The van der Waals surface area contributed by atoms with E-state index in [-0.39, 0.29) is 47.4 Å². The van der Waals surface area contributed by atoms with Crippen molar-refractivity contribution in [3.63, 3.8) is 0 Å². The Morgan fingerprint density at radius 1 is 1.47 bits per heavy atom. The summed E-state index contributed by atoms with van der Waals surface area (Å²) >= 11 is 11.8. The van der Waals surface area contributed by atoms with E-state index in [2.05, 4.69) is 20.3 Å². The zero-order valence-electron chi connectivity index (χ0n) is 16.8. The highest BCUT2D eigenvalue weighted by molar-refractivity contribution is 6.33. The number of halogens is 2. The summed E-state index contributed by atoms with van der Waals surface area (Å²) in [5, 5.41) is 24.5. The summed E-state index contributed by atoms with van der Waals surface area (Å²) in [6.07, 6.45) is 4.18. The zero-order chi connectivity index (χ0) is 22.3. The van der Waals surface area contributed by atoms with Crippen LogP contribution in [-0.4, -0.2) is 50.5 Å². The molecule has 1 saturated carbocycles. The van der Waals surface area contributed by atoms with Crippen molar-refractivity contribution in [2.45, 2.75) is 64.1 Å². The van der Waals surface area contributed by atoms with E-state index in [1.807, 2.05) is 6.92 Å². The van der Waals surface area contributed by atoms with Gasteiger partial charge in [0.15, 0.2) is 0 Å². The second-order valence-electron chi connectivity index (χ2n) is 7.16. The summed E-state index contributed by atoms with van der Waals surface area (Å²) in [6, 6.07) is -0.187. The Bertz CT molecular complexity index is 812. The SMILES string of the molecule is CC(=NC1CCC(O)CC1)/C(=C(\N)OCC[C@@H](C)Nc1nc(Cl)ncc1Cl)[N+](=O)[O-]. The van der Waals surface area contributed by atoms with E-state index in [1.54, 1.807) is 6.92 Å². The first kappa shape index (κ1) is 24.1. The molecule has 0 bridgehead atoms. The van der Waals surface area contributed by atoms with Crippen LogP contribution in [0.15, 0.2) is 22.8 Å². The molecule has 0 unspecified atom stereocenters. The number of aliphatic hydroxyl groups excluding tert-OH is 1. The molecule has 1 heterocycles. The van der Waals surface area contributed by atoms with Crippen LogP contribution in [-0.2, 0) is 4.74 Å². The van der Waals surface area contributed by atoms with E-state index in [0.29, 0.717) is 42.9 Å². The maximum atomic E-state index is 11.5. The van der Waals surface area contributed by atoms with Gasteiger partial charge in [-0.25, -0.2) is 4.98 Å². The molecule has 1 aliphatic rings. The number of hydrogen-bond donors (Lipinski definition) is 3. The van der Waals surface area contributed by atoms with Crippen LogP contribution in [0.2, 0.25) is 10.3 Å². The maximum absolute atomic E-state index is 11.5. The van der Waals surface area contributed by atoms with Crippen LogP contribution >= 0.6 is 23.2 Å². The number of nitro groups is 1. The first-order valence-electron chi connectivity index (χ1n) is 9.61. The number of aliphatic hydroxyl groups is 1. The number of nitrogens with one attached hydrogen (secondary N) is 1. The van der Waals surface area contributed by atoms with Gasteiger partial charge in [-0.2, -0.15) is 4.98 Å². The smallest absolute Gasteiger partial charge is 0.348 e. The zero-order valence-corrected chi connectivity index (χ0v) is 18.4.